The van der Waals surface area contributed by atoms with Crippen LogP contribution in [0.15, 0.2) is 48.8 Å². The molecule has 0 radical (unpaired) electrons. The summed E-state index contributed by atoms with van der Waals surface area (Å²) in [5.41, 5.74) is 1.10. The van der Waals surface area contributed by atoms with Crippen molar-refractivity contribution in [2.24, 2.45) is 0 Å². The molecule has 0 atom stereocenters. The lowest BCUT2D eigenvalue weighted by molar-refractivity contribution is -0.605. The number of benzene rings is 1. The molecule has 1 aromatic carbocycles. The summed E-state index contributed by atoms with van der Waals surface area (Å²) >= 11 is 0. The summed E-state index contributed by atoms with van der Waals surface area (Å²) in [6, 6.07) is 8.76. The SMILES string of the molecule is O=C(NCc1ccc(OC(F)F)cc1)c1cc[n+]([O-])cc1. The summed E-state index contributed by atoms with van der Waals surface area (Å²) in [7, 11) is 0. The molecule has 2 rings (SSSR count). The predicted octanol–water partition coefficient (Wildman–Crippen LogP) is 1.85. The molecule has 1 heterocycles. The number of pyridine rings is 1. The zero-order valence-electron chi connectivity index (χ0n) is 10.8. The van der Waals surface area contributed by atoms with Gasteiger partial charge in [0.2, 0.25) is 0 Å². The van der Waals surface area contributed by atoms with E-state index in [2.05, 4.69) is 10.1 Å². The average Bonchev–Trinajstić information content (AvgIpc) is 2.46. The predicted molar refractivity (Wildman–Crippen MR) is 69.6 cm³/mol. The van der Waals surface area contributed by atoms with Crippen LogP contribution in [-0.2, 0) is 6.54 Å². The van der Waals surface area contributed by atoms with Gasteiger partial charge in [-0.25, -0.2) is 0 Å². The molecular formula is C14H12F2N2O3. The topological polar surface area (TPSA) is 65.3 Å². The molecule has 0 saturated carbocycles. The highest BCUT2D eigenvalue weighted by molar-refractivity contribution is 5.93. The van der Waals surface area contributed by atoms with Gasteiger partial charge in [-0.2, -0.15) is 13.5 Å². The summed E-state index contributed by atoms with van der Waals surface area (Å²) in [5.74, 6) is -0.272. The number of aromatic nitrogens is 1. The first-order valence-electron chi connectivity index (χ1n) is 6.05. The largest absolute Gasteiger partial charge is 0.619 e. The number of halogens is 2. The van der Waals surface area contributed by atoms with Gasteiger partial charge in [0.15, 0.2) is 12.4 Å². The molecular weight excluding hydrogens is 282 g/mol. The lowest BCUT2D eigenvalue weighted by Crippen LogP contribution is -2.27. The van der Waals surface area contributed by atoms with Gasteiger partial charge >= 0.3 is 6.61 Å². The number of hydrogen-bond acceptors (Lipinski definition) is 3. The van der Waals surface area contributed by atoms with Crippen LogP contribution in [-0.4, -0.2) is 12.5 Å². The first-order chi connectivity index (χ1) is 10.0. The fourth-order valence-corrected chi connectivity index (χ4v) is 1.64. The van der Waals surface area contributed by atoms with Crippen LogP contribution in [0.2, 0.25) is 0 Å². The van der Waals surface area contributed by atoms with Crippen LogP contribution < -0.4 is 14.8 Å². The van der Waals surface area contributed by atoms with E-state index in [1.807, 2.05) is 0 Å². The van der Waals surface area contributed by atoms with Crippen LogP contribution in [0.25, 0.3) is 0 Å². The molecule has 1 N–H and O–H groups in total. The molecule has 5 nitrogen and oxygen atoms in total. The van der Waals surface area contributed by atoms with E-state index in [0.717, 1.165) is 5.56 Å². The molecule has 0 spiro atoms. The quantitative estimate of drug-likeness (QED) is 0.676. The average molecular weight is 294 g/mol. The van der Waals surface area contributed by atoms with E-state index in [9.17, 15) is 18.8 Å². The summed E-state index contributed by atoms with van der Waals surface area (Å²) in [5, 5.41) is 13.5. The number of nitrogens with one attached hydrogen (secondary N) is 1. The number of nitrogens with zero attached hydrogens (tertiary/aromatic N) is 1. The Hall–Kier alpha value is -2.70. The molecule has 110 valence electrons. The van der Waals surface area contributed by atoms with Gasteiger partial charge in [0.25, 0.3) is 5.91 Å². The highest BCUT2D eigenvalue weighted by atomic mass is 19.3. The molecule has 0 bridgehead atoms. The number of hydrogen-bond donors (Lipinski definition) is 1. The van der Waals surface area contributed by atoms with Gasteiger partial charge in [-0.15, -0.1) is 0 Å². The lowest BCUT2D eigenvalue weighted by Gasteiger charge is -2.07. The second-order valence-electron chi connectivity index (χ2n) is 4.15. The van der Waals surface area contributed by atoms with Gasteiger partial charge in [-0.3, -0.25) is 4.79 Å². The molecule has 2 aromatic rings. The van der Waals surface area contributed by atoms with Crippen molar-refractivity contribution in [3.05, 3.63) is 65.1 Å². The van der Waals surface area contributed by atoms with Crippen LogP contribution in [0, 0.1) is 5.21 Å². The molecule has 1 aromatic heterocycles. The molecule has 1 amide bonds. The molecule has 7 heteroatoms. The van der Waals surface area contributed by atoms with Crippen LogP contribution >= 0.6 is 0 Å². The maximum absolute atomic E-state index is 12.0. The number of carbonyl (C=O) groups is 1. The fraction of sp³-hybridized carbons (Fsp3) is 0.143. The Balaban J connectivity index is 1.90. The van der Waals surface area contributed by atoms with Crippen molar-refractivity contribution in [3.8, 4) is 5.75 Å². The van der Waals surface area contributed by atoms with Gasteiger partial charge < -0.3 is 15.3 Å². The van der Waals surface area contributed by atoms with Crippen molar-refractivity contribution in [1.82, 2.24) is 5.32 Å². The van der Waals surface area contributed by atoms with E-state index in [1.165, 1.54) is 36.7 Å². The first-order valence-corrected chi connectivity index (χ1v) is 6.05. The van der Waals surface area contributed by atoms with Gasteiger partial charge in [0, 0.05) is 18.7 Å². The molecule has 0 aliphatic heterocycles. The van der Waals surface area contributed by atoms with Gasteiger partial charge in [0.1, 0.15) is 5.75 Å². The minimum absolute atomic E-state index is 0.0585. The minimum atomic E-state index is -2.86. The van der Waals surface area contributed by atoms with Gasteiger partial charge in [-0.1, -0.05) is 12.1 Å². The van der Waals surface area contributed by atoms with Crippen molar-refractivity contribution >= 4 is 5.91 Å². The smallest absolute Gasteiger partial charge is 0.387 e. The second-order valence-corrected chi connectivity index (χ2v) is 4.15. The van der Waals surface area contributed by atoms with Crippen molar-refractivity contribution in [2.75, 3.05) is 0 Å². The normalized spacial score (nSPS) is 10.4. The number of ether oxygens (including phenoxy) is 1. The zero-order chi connectivity index (χ0) is 15.2. The van der Waals surface area contributed by atoms with Gasteiger partial charge in [-0.05, 0) is 17.7 Å². The van der Waals surface area contributed by atoms with E-state index in [0.29, 0.717) is 10.3 Å². The lowest BCUT2D eigenvalue weighted by atomic mass is 10.2. The Morgan fingerprint density at radius 1 is 1.19 bits per heavy atom. The van der Waals surface area contributed by atoms with Crippen molar-refractivity contribution < 1.29 is 23.0 Å². The third-order valence-corrected chi connectivity index (χ3v) is 2.67. The van der Waals surface area contributed by atoms with Crippen LogP contribution in [0.3, 0.4) is 0 Å². The summed E-state index contributed by atoms with van der Waals surface area (Å²) in [4.78, 5) is 11.8. The third kappa shape index (κ3) is 4.41. The molecule has 0 aliphatic rings. The summed E-state index contributed by atoms with van der Waals surface area (Å²) in [6.07, 6.45) is 2.46. The Labute approximate surface area is 119 Å². The van der Waals surface area contributed by atoms with Crippen LogP contribution in [0.5, 0.6) is 5.75 Å². The zero-order valence-corrected chi connectivity index (χ0v) is 10.8. The molecule has 21 heavy (non-hydrogen) atoms. The van der Waals surface area contributed by atoms with E-state index in [4.69, 9.17) is 0 Å². The molecule has 0 unspecified atom stereocenters. The fourth-order valence-electron chi connectivity index (χ4n) is 1.64. The monoisotopic (exact) mass is 294 g/mol. The number of alkyl halides is 2. The molecule has 0 aliphatic carbocycles. The minimum Gasteiger partial charge on any atom is -0.619 e. The number of amides is 1. The van der Waals surface area contributed by atoms with Crippen molar-refractivity contribution in [1.29, 1.82) is 0 Å². The Kier molecular flexibility index (Phi) is 4.65. The Morgan fingerprint density at radius 3 is 2.38 bits per heavy atom. The summed E-state index contributed by atoms with van der Waals surface area (Å²) in [6.45, 7) is -2.63. The summed E-state index contributed by atoms with van der Waals surface area (Å²) < 4.78 is 28.8. The van der Waals surface area contributed by atoms with E-state index >= 15 is 0 Å². The highest BCUT2D eigenvalue weighted by Gasteiger charge is 2.07. The van der Waals surface area contributed by atoms with Crippen molar-refractivity contribution in [2.45, 2.75) is 13.2 Å². The molecule has 0 saturated heterocycles. The first kappa shape index (κ1) is 14.7. The van der Waals surface area contributed by atoms with Crippen LogP contribution in [0.1, 0.15) is 15.9 Å². The Morgan fingerprint density at radius 2 is 1.81 bits per heavy atom. The van der Waals surface area contributed by atoms with E-state index in [1.54, 1.807) is 12.1 Å². The maximum atomic E-state index is 12.0. The van der Waals surface area contributed by atoms with Crippen LogP contribution in [0.4, 0.5) is 8.78 Å². The molecule has 0 fully saturated rings. The third-order valence-electron chi connectivity index (χ3n) is 2.67. The number of carbonyl (C=O) groups excluding carboxylic acids is 1. The Bertz CT molecular complexity index is 601. The van der Waals surface area contributed by atoms with Crippen molar-refractivity contribution in [3.63, 3.8) is 0 Å². The number of rotatable bonds is 5. The van der Waals surface area contributed by atoms with Gasteiger partial charge in [0.05, 0.1) is 5.56 Å². The standard InChI is InChI=1S/C14H12F2N2O3/c15-14(16)21-12-3-1-10(2-4-12)9-17-13(19)11-5-7-18(20)8-6-11/h1-8,14H,9H2,(H,17,19). The second kappa shape index (κ2) is 6.65. The van der Waals surface area contributed by atoms with E-state index in [-0.39, 0.29) is 18.2 Å². The maximum Gasteiger partial charge on any atom is 0.387 e. The van der Waals surface area contributed by atoms with E-state index < -0.39 is 6.61 Å². The highest BCUT2D eigenvalue weighted by Crippen LogP contribution is 2.14.